The van der Waals surface area contributed by atoms with Gasteiger partial charge >= 0.3 is 0 Å². The molecule has 0 bridgehead atoms. The Labute approximate surface area is 113 Å². The number of hydrogen-bond acceptors (Lipinski definition) is 2. The molecule has 17 heavy (non-hydrogen) atoms. The van der Waals surface area contributed by atoms with Crippen LogP contribution in [0.15, 0.2) is 16.6 Å². The normalized spacial score (nSPS) is 12.8. The van der Waals surface area contributed by atoms with Crippen molar-refractivity contribution in [1.29, 1.82) is 0 Å². The van der Waals surface area contributed by atoms with Gasteiger partial charge in [-0.3, -0.25) is 0 Å². The van der Waals surface area contributed by atoms with Crippen LogP contribution in [0.4, 0.5) is 8.78 Å². The molecule has 1 unspecified atom stereocenters. The molecule has 1 nitrogen and oxygen atoms in total. The van der Waals surface area contributed by atoms with E-state index >= 15 is 0 Å². The highest BCUT2D eigenvalue weighted by Crippen LogP contribution is 2.23. The monoisotopic (exact) mass is 323 g/mol. The quantitative estimate of drug-likeness (QED) is 0.802. The number of benzene rings is 1. The van der Waals surface area contributed by atoms with E-state index in [2.05, 4.69) is 21.2 Å². The molecule has 0 fully saturated rings. The average molecular weight is 324 g/mol. The summed E-state index contributed by atoms with van der Waals surface area (Å²) in [7, 11) is 0. The Bertz CT molecular complexity index is 368. The van der Waals surface area contributed by atoms with E-state index in [1.165, 1.54) is 12.1 Å². The topological polar surface area (TPSA) is 12.0 Å². The van der Waals surface area contributed by atoms with Crippen molar-refractivity contribution in [2.75, 3.05) is 18.6 Å². The molecular weight excluding hydrogens is 308 g/mol. The van der Waals surface area contributed by atoms with Crippen molar-refractivity contribution >= 4 is 27.7 Å². The maximum atomic E-state index is 13.8. The zero-order valence-electron chi connectivity index (χ0n) is 9.90. The third-order valence-corrected chi connectivity index (χ3v) is 3.80. The van der Waals surface area contributed by atoms with Crippen LogP contribution >= 0.6 is 27.7 Å². The van der Waals surface area contributed by atoms with E-state index in [1.807, 2.05) is 13.2 Å². The van der Waals surface area contributed by atoms with Crippen LogP contribution in [-0.4, -0.2) is 24.6 Å². The summed E-state index contributed by atoms with van der Waals surface area (Å²) in [5.41, 5.74) is 0.152. The minimum absolute atomic E-state index is 0.0910. The molecule has 1 rings (SSSR count). The maximum absolute atomic E-state index is 13.8. The second-order valence-corrected chi connectivity index (χ2v) is 5.50. The Morgan fingerprint density at radius 2 is 2.12 bits per heavy atom. The zero-order chi connectivity index (χ0) is 12.8. The summed E-state index contributed by atoms with van der Waals surface area (Å²) in [5, 5.41) is 3.24. The number of hydrogen-bond donors (Lipinski definition) is 1. The molecule has 0 spiro atoms. The Balaban J connectivity index is 2.88. The van der Waals surface area contributed by atoms with E-state index < -0.39 is 11.6 Å². The van der Waals surface area contributed by atoms with Gasteiger partial charge in [0.1, 0.15) is 11.6 Å². The predicted molar refractivity (Wildman–Crippen MR) is 73.6 cm³/mol. The first-order valence-corrected chi connectivity index (χ1v) is 7.63. The molecule has 1 N–H and O–H groups in total. The van der Waals surface area contributed by atoms with E-state index in [1.54, 1.807) is 11.8 Å². The minimum Gasteiger partial charge on any atom is -0.313 e. The highest BCUT2D eigenvalue weighted by atomic mass is 79.9. The summed E-state index contributed by atoms with van der Waals surface area (Å²) in [6, 6.07) is 2.78. The second kappa shape index (κ2) is 7.34. The van der Waals surface area contributed by atoms with Gasteiger partial charge in [-0.25, -0.2) is 8.78 Å². The molecule has 96 valence electrons. The number of halogens is 3. The van der Waals surface area contributed by atoms with Gasteiger partial charge in [0.05, 0.1) is 4.47 Å². The van der Waals surface area contributed by atoms with Crippen LogP contribution in [0.3, 0.4) is 0 Å². The lowest BCUT2D eigenvalue weighted by molar-refractivity contribution is 0.509. The Hall–Kier alpha value is -0.130. The van der Waals surface area contributed by atoms with Gasteiger partial charge in [0.25, 0.3) is 0 Å². The molecule has 0 aliphatic rings. The molecule has 0 saturated heterocycles. The molecule has 0 amide bonds. The summed E-state index contributed by atoms with van der Waals surface area (Å²) in [4.78, 5) is 0. The van der Waals surface area contributed by atoms with Gasteiger partial charge in [0.15, 0.2) is 0 Å². The van der Waals surface area contributed by atoms with Crippen LogP contribution in [0.1, 0.15) is 12.5 Å². The zero-order valence-corrected chi connectivity index (χ0v) is 12.3. The lowest BCUT2D eigenvalue weighted by atomic mass is 10.1. The largest absolute Gasteiger partial charge is 0.313 e. The van der Waals surface area contributed by atoms with Crippen molar-refractivity contribution < 1.29 is 8.78 Å². The summed E-state index contributed by atoms with van der Waals surface area (Å²) in [5.74, 6) is -0.136. The maximum Gasteiger partial charge on any atom is 0.143 e. The number of rotatable bonds is 6. The van der Waals surface area contributed by atoms with Crippen LogP contribution in [-0.2, 0) is 6.42 Å². The Kier molecular flexibility index (Phi) is 6.44. The molecule has 1 aromatic carbocycles. The SMILES string of the molecule is CCNC(CSC)Cc1c(F)ccc(Br)c1F. The van der Waals surface area contributed by atoms with Crippen LogP contribution in [0.5, 0.6) is 0 Å². The first-order valence-electron chi connectivity index (χ1n) is 5.44. The number of nitrogens with one attached hydrogen (secondary N) is 1. The third-order valence-electron chi connectivity index (χ3n) is 2.45. The van der Waals surface area contributed by atoms with Crippen molar-refractivity contribution in [3.63, 3.8) is 0 Å². The van der Waals surface area contributed by atoms with Crippen molar-refractivity contribution in [2.45, 2.75) is 19.4 Å². The highest BCUT2D eigenvalue weighted by molar-refractivity contribution is 9.10. The fourth-order valence-electron chi connectivity index (χ4n) is 1.68. The summed E-state index contributed by atoms with van der Waals surface area (Å²) >= 11 is 4.75. The molecule has 0 heterocycles. The van der Waals surface area contributed by atoms with Crippen molar-refractivity contribution in [2.24, 2.45) is 0 Å². The molecule has 1 aromatic rings. The van der Waals surface area contributed by atoms with Crippen LogP contribution < -0.4 is 5.32 Å². The first kappa shape index (κ1) is 14.9. The fourth-order valence-corrected chi connectivity index (χ4v) is 2.69. The van der Waals surface area contributed by atoms with Crippen molar-refractivity contribution in [3.8, 4) is 0 Å². The summed E-state index contributed by atoms with van der Waals surface area (Å²) < 4.78 is 27.7. The Morgan fingerprint density at radius 3 is 2.71 bits per heavy atom. The van der Waals surface area contributed by atoms with Gasteiger partial charge in [-0.1, -0.05) is 6.92 Å². The first-order chi connectivity index (χ1) is 8.10. The standard InChI is InChI=1S/C12H16BrF2NS/c1-3-16-8(7-17-2)6-9-11(14)5-4-10(13)12(9)15/h4-5,8,16H,3,6-7H2,1-2H3. The van der Waals surface area contributed by atoms with Gasteiger partial charge in [0, 0.05) is 17.4 Å². The molecule has 0 aliphatic heterocycles. The van der Waals surface area contributed by atoms with Gasteiger partial charge in [-0.15, -0.1) is 0 Å². The third kappa shape index (κ3) is 4.23. The van der Waals surface area contributed by atoms with Gasteiger partial charge in [-0.05, 0) is 47.3 Å². The van der Waals surface area contributed by atoms with E-state index in [-0.39, 0.29) is 11.6 Å². The van der Waals surface area contributed by atoms with Gasteiger partial charge in [0.2, 0.25) is 0 Å². The molecule has 0 aliphatic carbocycles. The van der Waals surface area contributed by atoms with Crippen LogP contribution in [0, 0.1) is 11.6 Å². The molecule has 0 radical (unpaired) electrons. The number of likely N-dealkylation sites (N-methyl/N-ethyl adjacent to an activating group) is 1. The van der Waals surface area contributed by atoms with E-state index in [0.29, 0.717) is 10.9 Å². The minimum atomic E-state index is -0.492. The second-order valence-electron chi connectivity index (χ2n) is 3.74. The van der Waals surface area contributed by atoms with Gasteiger partial charge in [-0.2, -0.15) is 11.8 Å². The highest BCUT2D eigenvalue weighted by Gasteiger charge is 2.16. The Morgan fingerprint density at radius 1 is 1.41 bits per heavy atom. The predicted octanol–water partition coefficient (Wildman–Crippen LogP) is 3.61. The smallest absolute Gasteiger partial charge is 0.143 e. The number of thioether (sulfide) groups is 1. The molecule has 0 aromatic heterocycles. The van der Waals surface area contributed by atoms with Gasteiger partial charge < -0.3 is 5.32 Å². The molecule has 0 saturated carbocycles. The fraction of sp³-hybridized carbons (Fsp3) is 0.500. The van der Waals surface area contributed by atoms with Crippen molar-refractivity contribution in [1.82, 2.24) is 5.32 Å². The molecule has 5 heteroatoms. The van der Waals surface area contributed by atoms with E-state index in [0.717, 1.165) is 12.3 Å². The van der Waals surface area contributed by atoms with E-state index in [4.69, 9.17) is 0 Å². The molecule has 1 atom stereocenters. The summed E-state index contributed by atoms with van der Waals surface area (Å²) in [6.45, 7) is 2.78. The van der Waals surface area contributed by atoms with Crippen LogP contribution in [0.25, 0.3) is 0 Å². The van der Waals surface area contributed by atoms with E-state index in [9.17, 15) is 8.78 Å². The van der Waals surface area contributed by atoms with Crippen molar-refractivity contribution in [3.05, 3.63) is 33.8 Å². The average Bonchev–Trinajstić information content (AvgIpc) is 2.30. The van der Waals surface area contributed by atoms with Crippen LogP contribution in [0.2, 0.25) is 0 Å². The lowest BCUT2D eigenvalue weighted by Crippen LogP contribution is -2.33. The summed E-state index contributed by atoms with van der Waals surface area (Å²) in [6.07, 6.45) is 2.35. The molecular formula is C12H16BrF2NS. The lowest BCUT2D eigenvalue weighted by Gasteiger charge is -2.17.